The minimum Gasteiger partial charge on any atom is -0.481 e. The van der Waals surface area contributed by atoms with E-state index < -0.39 is 0 Å². The van der Waals surface area contributed by atoms with Crippen molar-refractivity contribution in [2.45, 2.75) is 32.2 Å². The predicted octanol–water partition coefficient (Wildman–Crippen LogP) is 3.33. The minimum absolute atomic E-state index is 0.478. The summed E-state index contributed by atoms with van der Waals surface area (Å²) in [7, 11) is 1.60. The quantitative estimate of drug-likeness (QED) is 0.859. The van der Waals surface area contributed by atoms with Crippen molar-refractivity contribution in [2.75, 3.05) is 12.4 Å². The van der Waals surface area contributed by atoms with Crippen LogP contribution in [-0.2, 0) is 6.54 Å². The average molecular weight is 305 g/mol. The maximum atomic E-state index is 6.19. The lowest BCUT2D eigenvalue weighted by atomic mass is 10.2. The first-order valence-corrected chi connectivity index (χ1v) is 7.32. The maximum absolute atomic E-state index is 6.19. The van der Waals surface area contributed by atoms with Gasteiger partial charge in [-0.2, -0.15) is 0 Å². The highest BCUT2D eigenvalue weighted by Gasteiger charge is 2.27. The number of hydrogen-bond acceptors (Lipinski definition) is 5. The van der Waals surface area contributed by atoms with Crippen molar-refractivity contribution >= 4 is 17.4 Å². The molecule has 0 saturated heterocycles. The van der Waals surface area contributed by atoms with Crippen molar-refractivity contribution in [3.8, 4) is 5.88 Å². The number of halogens is 1. The first-order valence-electron chi connectivity index (χ1n) is 6.94. The normalized spacial score (nSPS) is 14.0. The second-order valence-corrected chi connectivity index (χ2v) is 5.54. The van der Waals surface area contributed by atoms with Crippen LogP contribution in [0.15, 0.2) is 18.3 Å². The van der Waals surface area contributed by atoms with Gasteiger partial charge in [-0.05, 0) is 25.3 Å². The zero-order chi connectivity index (χ0) is 14.8. The Hall–Kier alpha value is -1.88. The molecular weight excluding hydrogens is 288 g/mol. The third-order valence-corrected chi connectivity index (χ3v) is 3.88. The highest BCUT2D eigenvalue weighted by molar-refractivity contribution is 6.30. The topological polar surface area (TPSA) is 59.9 Å². The predicted molar refractivity (Wildman–Crippen MR) is 81.9 cm³/mol. The van der Waals surface area contributed by atoms with E-state index in [1.54, 1.807) is 13.3 Å². The molecule has 1 aliphatic carbocycles. The zero-order valence-electron chi connectivity index (χ0n) is 12.1. The molecule has 2 aromatic rings. The van der Waals surface area contributed by atoms with Gasteiger partial charge in [0.05, 0.1) is 7.11 Å². The molecule has 2 heterocycles. The van der Waals surface area contributed by atoms with Crippen LogP contribution in [0.3, 0.4) is 0 Å². The molecule has 0 spiro atoms. The molecule has 1 fully saturated rings. The molecule has 2 aromatic heterocycles. The first-order chi connectivity index (χ1) is 10.2. The van der Waals surface area contributed by atoms with Gasteiger partial charge in [-0.1, -0.05) is 17.7 Å². The third-order valence-electron chi connectivity index (χ3n) is 3.51. The van der Waals surface area contributed by atoms with Crippen LogP contribution in [0.1, 0.15) is 35.7 Å². The fourth-order valence-corrected chi connectivity index (χ4v) is 2.20. The highest BCUT2D eigenvalue weighted by atomic mass is 35.5. The molecule has 0 unspecified atom stereocenters. The lowest BCUT2D eigenvalue weighted by Crippen LogP contribution is -2.07. The summed E-state index contributed by atoms with van der Waals surface area (Å²) >= 11 is 6.19. The molecule has 0 bridgehead atoms. The molecule has 110 valence electrons. The van der Waals surface area contributed by atoms with Gasteiger partial charge in [0.1, 0.15) is 16.8 Å². The second kappa shape index (κ2) is 5.85. The fraction of sp³-hybridized carbons (Fsp3) is 0.400. The van der Waals surface area contributed by atoms with Crippen molar-refractivity contribution in [1.29, 1.82) is 0 Å². The van der Waals surface area contributed by atoms with Gasteiger partial charge in [0.15, 0.2) is 0 Å². The largest absolute Gasteiger partial charge is 0.481 e. The summed E-state index contributed by atoms with van der Waals surface area (Å²) in [6.45, 7) is 2.56. The zero-order valence-corrected chi connectivity index (χ0v) is 12.8. The van der Waals surface area contributed by atoms with E-state index in [9.17, 15) is 0 Å². The van der Waals surface area contributed by atoms with E-state index in [0.29, 0.717) is 23.5 Å². The Morgan fingerprint density at radius 1 is 1.33 bits per heavy atom. The summed E-state index contributed by atoms with van der Waals surface area (Å²) in [5.41, 5.74) is 1.93. The third kappa shape index (κ3) is 3.24. The number of pyridine rings is 1. The SMILES string of the molecule is COc1ccc(CNc2nc(C3CC3)nc(Cl)c2C)cn1. The number of ether oxygens (including phenoxy) is 1. The molecule has 5 nitrogen and oxygen atoms in total. The Labute approximate surface area is 128 Å². The number of aromatic nitrogens is 3. The van der Waals surface area contributed by atoms with Gasteiger partial charge in [0, 0.05) is 30.3 Å². The van der Waals surface area contributed by atoms with Crippen LogP contribution in [0.4, 0.5) is 5.82 Å². The molecule has 1 aliphatic rings. The molecule has 0 amide bonds. The van der Waals surface area contributed by atoms with E-state index >= 15 is 0 Å². The van der Waals surface area contributed by atoms with Crippen molar-refractivity contribution in [1.82, 2.24) is 15.0 Å². The Morgan fingerprint density at radius 2 is 2.14 bits per heavy atom. The van der Waals surface area contributed by atoms with E-state index in [1.165, 1.54) is 0 Å². The van der Waals surface area contributed by atoms with Gasteiger partial charge in [0.2, 0.25) is 5.88 Å². The Kier molecular flexibility index (Phi) is 3.92. The molecule has 0 radical (unpaired) electrons. The monoisotopic (exact) mass is 304 g/mol. The maximum Gasteiger partial charge on any atom is 0.212 e. The number of nitrogens with one attached hydrogen (secondary N) is 1. The van der Waals surface area contributed by atoms with Gasteiger partial charge in [0.25, 0.3) is 0 Å². The van der Waals surface area contributed by atoms with Crippen LogP contribution in [0.25, 0.3) is 0 Å². The van der Waals surface area contributed by atoms with Crippen molar-refractivity contribution < 1.29 is 4.74 Å². The van der Waals surface area contributed by atoms with Crippen molar-refractivity contribution in [2.24, 2.45) is 0 Å². The molecule has 1 saturated carbocycles. The summed E-state index contributed by atoms with van der Waals surface area (Å²) in [6, 6.07) is 3.81. The minimum atomic E-state index is 0.478. The average Bonchev–Trinajstić information content (AvgIpc) is 3.34. The molecule has 0 atom stereocenters. The van der Waals surface area contributed by atoms with Crippen LogP contribution >= 0.6 is 11.6 Å². The van der Waals surface area contributed by atoms with Gasteiger partial charge in [-0.3, -0.25) is 0 Å². The Balaban J connectivity index is 1.74. The molecule has 3 rings (SSSR count). The van der Waals surface area contributed by atoms with Crippen LogP contribution < -0.4 is 10.1 Å². The molecule has 0 aromatic carbocycles. The van der Waals surface area contributed by atoms with Gasteiger partial charge in [-0.25, -0.2) is 15.0 Å². The summed E-state index contributed by atoms with van der Waals surface area (Å²) in [4.78, 5) is 13.1. The number of rotatable bonds is 5. The van der Waals surface area contributed by atoms with Crippen LogP contribution in [-0.4, -0.2) is 22.1 Å². The molecular formula is C15H17ClN4O. The first kappa shape index (κ1) is 14.1. The van der Waals surface area contributed by atoms with Crippen molar-refractivity contribution in [3.05, 3.63) is 40.4 Å². The van der Waals surface area contributed by atoms with E-state index in [2.05, 4.69) is 20.3 Å². The molecule has 6 heteroatoms. The second-order valence-electron chi connectivity index (χ2n) is 5.18. The lowest BCUT2D eigenvalue weighted by molar-refractivity contribution is 0.397. The molecule has 0 aliphatic heterocycles. The summed E-state index contributed by atoms with van der Waals surface area (Å²) in [6.07, 6.45) is 4.09. The van der Waals surface area contributed by atoms with Crippen LogP contribution in [0, 0.1) is 6.92 Å². The van der Waals surface area contributed by atoms with E-state index in [1.807, 2.05) is 19.1 Å². The Morgan fingerprint density at radius 3 is 2.76 bits per heavy atom. The van der Waals surface area contributed by atoms with Crippen molar-refractivity contribution in [3.63, 3.8) is 0 Å². The van der Waals surface area contributed by atoms with Gasteiger partial charge >= 0.3 is 0 Å². The molecule has 1 N–H and O–H groups in total. The fourth-order valence-electron chi connectivity index (χ4n) is 2.02. The number of hydrogen-bond donors (Lipinski definition) is 1. The highest BCUT2D eigenvalue weighted by Crippen LogP contribution is 2.39. The summed E-state index contributed by atoms with van der Waals surface area (Å²) in [5, 5.41) is 3.84. The van der Waals surface area contributed by atoms with E-state index in [4.69, 9.17) is 16.3 Å². The van der Waals surface area contributed by atoms with Crippen LogP contribution in [0.2, 0.25) is 5.15 Å². The number of anilines is 1. The number of methoxy groups -OCH3 is 1. The summed E-state index contributed by atoms with van der Waals surface area (Å²) < 4.78 is 5.05. The van der Waals surface area contributed by atoms with E-state index in [0.717, 1.165) is 35.6 Å². The lowest BCUT2D eigenvalue weighted by Gasteiger charge is -2.11. The van der Waals surface area contributed by atoms with Gasteiger partial charge in [-0.15, -0.1) is 0 Å². The smallest absolute Gasteiger partial charge is 0.212 e. The van der Waals surface area contributed by atoms with E-state index in [-0.39, 0.29) is 0 Å². The Bertz CT molecular complexity index is 641. The molecule has 21 heavy (non-hydrogen) atoms. The summed E-state index contributed by atoms with van der Waals surface area (Å²) in [5.74, 6) is 2.73. The van der Waals surface area contributed by atoms with Crippen LogP contribution in [0.5, 0.6) is 5.88 Å². The standard InChI is InChI=1S/C15H17ClN4O/c1-9-13(16)19-15(11-4-5-11)20-14(9)18-8-10-3-6-12(21-2)17-7-10/h3,6-7,11H,4-5,8H2,1-2H3,(H,18,19,20). The van der Waals surface area contributed by atoms with Gasteiger partial charge < -0.3 is 10.1 Å². The number of nitrogens with zero attached hydrogens (tertiary/aromatic N) is 3.